The Bertz CT molecular complexity index is 1330. The van der Waals surface area contributed by atoms with Crippen molar-refractivity contribution in [3.05, 3.63) is 112 Å². The maximum absolute atomic E-state index is 13.8. The molecule has 2 heterocycles. The number of hydrogen-bond donors (Lipinski definition) is 1. The first-order valence-corrected chi connectivity index (χ1v) is 11.2. The first kappa shape index (κ1) is 21.2. The third kappa shape index (κ3) is 3.85. The lowest BCUT2D eigenvalue weighted by molar-refractivity contribution is 0.194. The third-order valence-corrected chi connectivity index (χ3v) is 6.35. The van der Waals surface area contributed by atoms with Crippen LogP contribution in [0.3, 0.4) is 0 Å². The minimum Gasteiger partial charge on any atom is -0.495 e. The second-order valence-electron chi connectivity index (χ2n) is 8.09. The van der Waals surface area contributed by atoms with Gasteiger partial charge in [-0.2, -0.15) is 0 Å². The highest BCUT2D eigenvalue weighted by Crippen LogP contribution is 2.38. The highest BCUT2D eigenvalue weighted by Gasteiger charge is 2.34. The second kappa shape index (κ2) is 8.68. The molecule has 1 unspecified atom stereocenters. The Morgan fingerprint density at radius 1 is 1.03 bits per heavy atom. The molecule has 3 aromatic carbocycles. The number of benzene rings is 3. The molecule has 166 valence electrons. The number of fused-ring (bicyclic) bond motifs is 3. The summed E-state index contributed by atoms with van der Waals surface area (Å²) in [6.45, 7) is 2.53. The van der Waals surface area contributed by atoms with Gasteiger partial charge >= 0.3 is 6.03 Å². The number of nitrogens with zero attached hydrogens (tertiary/aromatic N) is 2. The molecule has 5 rings (SSSR count). The number of hydrogen-bond acceptors (Lipinski definition) is 2. The summed E-state index contributed by atoms with van der Waals surface area (Å²) in [7, 11) is 1.57. The van der Waals surface area contributed by atoms with Crippen molar-refractivity contribution in [1.82, 2.24) is 9.47 Å². The van der Waals surface area contributed by atoms with E-state index in [0.29, 0.717) is 23.0 Å². The molecule has 0 bridgehead atoms. The Hall–Kier alpha value is -3.70. The largest absolute Gasteiger partial charge is 0.495 e. The maximum atomic E-state index is 13.8. The number of aryl methyl sites for hydroxylation is 1. The zero-order valence-corrected chi connectivity index (χ0v) is 19.2. The van der Waals surface area contributed by atoms with Crippen LogP contribution in [-0.2, 0) is 6.54 Å². The van der Waals surface area contributed by atoms with Crippen LogP contribution in [0.2, 0.25) is 5.02 Å². The van der Waals surface area contributed by atoms with E-state index >= 15 is 0 Å². The van der Waals surface area contributed by atoms with Gasteiger partial charge < -0.3 is 19.5 Å². The van der Waals surface area contributed by atoms with E-state index < -0.39 is 0 Å². The molecule has 4 aromatic rings. The fourth-order valence-corrected chi connectivity index (χ4v) is 4.70. The number of anilines is 1. The first-order valence-electron chi connectivity index (χ1n) is 10.8. The molecule has 2 amide bonds. The van der Waals surface area contributed by atoms with E-state index in [0.717, 1.165) is 28.1 Å². The minimum atomic E-state index is -0.279. The fraction of sp³-hybridized carbons (Fsp3) is 0.148. The molecule has 0 aliphatic carbocycles. The molecule has 1 aromatic heterocycles. The number of aromatic nitrogens is 1. The van der Waals surface area contributed by atoms with Crippen LogP contribution in [0.25, 0.3) is 5.69 Å². The summed E-state index contributed by atoms with van der Waals surface area (Å²) in [5, 5.41) is 3.57. The topological polar surface area (TPSA) is 46.5 Å². The minimum absolute atomic E-state index is 0.228. The monoisotopic (exact) mass is 457 g/mol. The van der Waals surface area contributed by atoms with Gasteiger partial charge in [0.05, 0.1) is 25.0 Å². The average Bonchev–Trinajstić information content (AvgIpc) is 3.24. The Labute approximate surface area is 198 Å². The predicted molar refractivity (Wildman–Crippen MR) is 131 cm³/mol. The number of carbonyl (C=O) groups excluding carboxylic acids is 1. The summed E-state index contributed by atoms with van der Waals surface area (Å²) in [6, 6.07) is 25.2. The van der Waals surface area contributed by atoms with Crippen LogP contribution in [0.4, 0.5) is 10.5 Å². The Kier molecular flexibility index (Phi) is 5.56. The molecule has 0 fully saturated rings. The third-order valence-electron chi connectivity index (χ3n) is 6.11. The standard InChI is InChI=1S/C27H24ClN3O2/c1-18-8-3-5-10-21(18)26-24-12-7-15-30(24)23-11-6-4-9-19(23)17-31(26)27(32)29-22-16-20(28)13-14-25(22)33-2/h3-16,26H,17H2,1-2H3,(H,29,32). The van der Waals surface area contributed by atoms with Crippen LogP contribution >= 0.6 is 11.6 Å². The van der Waals surface area contributed by atoms with Crippen LogP contribution in [0.15, 0.2) is 85.1 Å². The molecule has 1 atom stereocenters. The van der Waals surface area contributed by atoms with Gasteiger partial charge in [-0.3, -0.25) is 0 Å². The van der Waals surface area contributed by atoms with Crippen LogP contribution < -0.4 is 10.1 Å². The molecular formula is C27H24ClN3O2. The van der Waals surface area contributed by atoms with Gasteiger partial charge in [0.2, 0.25) is 0 Å². The van der Waals surface area contributed by atoms with Gasteiger partial charge in [-0.05, 0) is 60.0 Å². The molecule has 1 N–H and O–H groups in total. The van der Waals surface area contributed by atoms with E-state index in [2.05, 4.69) is 53.3 Å². The van der Waals surface area contributed by atoms with Crippen LogP contribution in [0.5, 0.6) is 5.75 Å². The van der Waals surface area contributed by atoms with Gasteiger partial charge in [-0.15, -0.1) is 0 Å². The summed E-state index contributed by atoms with van der Waals surface area (Å²) in [5.41, 5.74) is 5.91. The fourth-order valence-electron chi connectivity index (χ4n) is 4.53. The molecule has 1 aliphatic rings. The zero-order chi connectivity index (χ0) is 22.9. The smallest absolute Gasteiger partial charge is 0.323 e. The molecular weight excluding hydrogens is 434 g/mol. The normalized spacial score (nSPS) is 14.8. The molecule has 0 radical (unpaired) electrons. The lowest BCUT2D eigenvalue weighted by Crippen LogP contribution is -2.38. The van der Waals surface area contributed by atoms with Crippen molar-refractivity contribution in [2.24, 2.45) is 0 Å². The number of urea groups is 1. The maximum Gasteiger partial charge on any atom is 0.323 e. The Morgan fingerprint density at radius 3 is 2.64 bits per heavy atom. The van der Waals surface area contributed by atoms with E-state index in [1.165, 1.54) is 0 Å². The number of para-hydroxylation sites is 1. The summed E-state index contributed by atoms with van der Waals surface area (Å²) < 4.78 is 7.63. The zero-order valence-electron chi connectivity index (χ0n) is 18.5. The number of ether oxygens (including phenoxy) is 1. The van der Waals surface area contributed by atoms with Gasteiger partial charge in [-0.25, -0.2) is 4.79 Å². The summed E-state index contributed by atoms with van der Waals surface area (Å²) in [4.78, 5) is 15.7. The highest BCUT2D eigenvalue weighted by atomic mass is 35.5. The van der Waals surface area contributed by atoms with Gasteiger partial charge in [-0.1, -0.05) is 54.1 Å². The number of rotatable bonds is 3. The SMILES string of the molecule is COc1ccc(Cl)cc1NC(=O)N1Cc2ccccc2-n2cccc2C1c1ccccc1C. The number of nitrogens with one attached hydrogen (secondary N) is 1. The van der Waals surface area contributed by atoms with Crippen molar-refractivity contribution in [3.63, 3.8) is 0 Å². The van der Waals surface area contributed by atoms with Crippen molar-refractivity contribution < 1.29 is 9.53 Å². The molecule has 1 aliphatic heterocycles. The quantitative estimate of drug-likeness (QED) is 0.377. The van der Waals surface area contributed by atoms with Crippen molar-refractivity contribution in [2.75, 3.05) is 12.4 Å². The molecule has 6 heteroatoms. The molecule has 0 saturated heterocycles. The van der Waals surface area contributed by atoms with Crippen molar-refractivity contribution >= 4 is 23.3 Å². The van der Waals surface area contributed by atoms with Crippen molar-refractivity contribution in [3.8, 4) is 11.4 Å². The molecule has 5 nitrogen and oxygen atoms in total. The van der Waals surface area contributed by atoms with E-state index in [1.807, 2.05) is 35.2 Å². The lowest BCUT2D eigenvalue weighted by atomic mass is 9.97. The highest BCUT2D eigenvalue weighted by molar-refractivity contribution is 6.31. The van der Waals surface area contributed by atoms with Crippen molar-refractivity contribution in [1.29, 1.82) is 0 Å². The van der Waals surface area contributed by atoms with E-state index in [-0.39, 0.29) is 12.1 Å². The summed E-state index contributed by atoms with van der Waals surface area (Å²) >= 11 is 6.21. The van der Waals surface area contributed by atoms with Gasteiger partial charge in [0.15, 0.2) is 0 Å². The van der Waals surface area contributed by atoms with Crippen LogP contribution in [0, 0.1) is 6.92 Å². The summed E-state index contributed by atoms with van der Waals surface area (Å²) in [5.74, 6) is 0.554. The van der Waals surface area contributed by atoms with E-state index in [9.17, 15) is 4.79 Å². The first-order chi connectivity index (χ1) is 16.1. The number of carbonyl (C=O) groups is 1. The van der Waals surface area contributed by atoms with Crippen molar-refractivity contribution in [2.45, 2.75) is 19.5 Å². The molecule has 0 saturated carbocycles. The van der Waals surface area contributed by atoms with Gasteiger partial charge in [0, 0.05) is 16.9 Å². The second-order valence-corrected chi connectivity index (χ2v) is 8.53. The van der Waals surface area contributed by atoms with E-state index in [1.54, 1.807) is 25.3 Å². The molecule has 33 heavy (non-hydrogen) atoms. The number of methoxy groups -OCH3 is 1. The Morgan fingerprint density at radius 2 is 1.82 bits per heavy atom. The number of halogens is 1. The predicted octanol–water partition coefficient (Wildman–Crippen LogP) is 6.58. The average molecular weight is 458 g/mol. The number of amides is 2. The molecule has 0 spiro atoms. The summed E-state index contributed by atoms with van der Waals surface area (Å²) in [6.07, 6.45) is 2.06. The Balaban J connectivity index is 1.65. The van der Waals surface area contributed by atoms with Crippen LogP contribution in [-0.4, -0.2) is 22.6 Å². The van der Waals surface area contributed by atoms with Crippen LogP contribution in [0.1, 0.15) is 28.4 Å². The lowest BCUT2D eigenvalue weighted by Gasteiger charge is -2.32. The van der Waals surface area contributed by atoms with E-state index in [4.69, 9.17) is 16.3 Å². The van der Waals surface area contributed by atoms with Gasteiger partial charge in [0.1, 0.15) is 11.8 Å². The van der Waals surface area contributed by atoms with Gasteiger partial charge in [0.25, 0.3) is 0 Å².